The minimum absolute atomic E-state index is 0.746. The van der Waals surface area contributed by atoms with Crippen molar-refractivity contribution in [2.45, 2.75) is 39.8 Å². The second-order valence-electron chi connectivity index (χ2n) is 6.36. The minimum Gasteiger partial charge on any atom is -0.356 e. The largest absolute Gasteiger partial charge is 0.356 e. The van der Waals surface area contributed by atoms with E-state index in [2.05, 4.69) is 58.8 Å². The Labute approximate surface area is 145 Å². The summed E-state index contributed by atoms with van der Waals surface area (Å²) in [6, 6.07) is 10.4. The molecule has 0 atom stereocenters. The van der Waals surface area contributed by atoms with Gasteiger partial charge in [-0.15, -0.1) is 0 Å². The van der Waals surface area contributed by atoms with Gasteiger partial charge in [-0.2, -0.15) is 5.10 Å². The molecule has 1 aromatic carbocycles. The molecule has 0 aliphatic carbocycles. The molecule has 5 nitrogen and oxygen atoms in total. The fourth-order valence-electron chi connectivity index (χ4n) is 2.57. The van der Waals surface area contributed by atoms with Crippen LogP contribution in [0.15, 0.2) is 47.7 Å². The van der Waals surface area contributed by atoms with Gasteiger partial charge in [0.1, 0.15) is 0 Å². The molecule has 1 heterocycles. The summed E-state index contributed by atoms with van der Waals surface area (Å²) in [6.07, 6.45) is 6.19. The Hall–Kier alpha value is -2.30. The molecule has 2 N–H and O–H groups in total. The fraction of sp³-hybridized carbons (Fsp3) is 0.474. The zero-order chi connectivity index (χ0) is 17.2. The number of benzene rings is 1. The van der Waals surface area contributed by atoms with E-state index >= 15 is 0 Å². The van der Waals surface area contributed by atoms with E-state index in [1.807, 2.05) is 30.2 Å². The molecular formula is C19H29N5. The predicted molar refractivity (Wildman–Crippen MR) is 100 cm³/mol. The number of aromatic nitrogens is 2. The molecule has 0 amide bonds. The molecule has 0 unspecified atom stereocenters. The monoisotopic (exact) mass is 327 g/mol. The predicted octanol–water partition coefficient (Wildman–Crippen LogP) is 3.03. The minimum atomic E-state index is 0.746. The van der Waals surface area contributed by atoms with Crippen LogP contribution in [0.3, 0.4) is 0 Å². The first-order valence-corrected chi connectivity index (χ1v) is 8.67. The zero-order valence-electron chi connectivity index (χ0n) is 15.0. The van der Waals surface area contributed by atoms with Crippen molar-refractivity contribution in [3.05, 3.63) is 53.9 Å². The average molecular weight is 327 g/mol. The van der Waals surface area contributed by atoms with Crippen LogP contribution in [0.25, 0.3) is 0 Å². The lowest BCUT2D eigenvalue weighted by atomic mass is 10.1. The Kier molecular flexibility index (Phi) is 7.33. The van der Waals surface area contributed by atoms with Gasteiger partial charge < -0.3 is 10.6 Å². The van der Waals surface area contributed by atoms with E-state index in [4.69, 9.17) is 0 Å². The SMILES string of the molecule is CN=C(NCCCC(C)C)NCc1ccccc1Cn1cccn1. The molecule has 0 saturated carbocycles. The topological polar surface area (TPSA) is 54.2 Å². The van der Waals surface area contributed by atoms with Gasteiger partial charge in [0.25, 0.3) is 0 Å². The van der Waals surface area contributed by atoms with Gasteiger partial charge in [-0.3, -0.25) is 9.67 Å². The quantitative estimate of drug-likeness (QED) is 0.445. The van der Waals surface area contributed by atoms with Gasteiger partial charge in [0, 0.05) is 32.5 Å². The van der Waals surface area contributed by atoms with E-state index < -0.39 is 0 Å². The van der Waals surface area contributed by atoms with Crippen LogP contribution in [0, 0.1) is 5.92 Å². The third-order valence-electron chi connectivity index (χ3n) is 3.93. The second-order valence-corrected chi connectivity index (χ2v) is 6.36. The van der Waals surface area contributed by atoms with Crippen molar-refractivity contribution in [1.82, 2.24) is 20.4 Å². The van der Waals surface area contributed by atoms with E-state index in [0.29, 0.717) is 0 Å². The molecule has 0 bridgehead atoms. The molecule has 130 valence electrons. The average Bonchev–Trinajstić information content (AvgIpc) is 3.08. The molecule has 2 aromatic rings. The van der Waals surface area contributed by atoms with Gasteiger partial charge in [-0.25, -0.2) is 0 Å². The standard InChI is InChI=1S/C19H29N5/c1-16(2)8-6-11-21-19(20-3)22-14-17-9-4-5-10-18(17)15-24-13-7-12-23-24/h4-5,7,9-10,12-13,16H,6,8,11,14-15H2,1-3H3,(H2,20,21,22). The van der Waals surface area contributed by atoms with E-state index in [-0.39, 0.29) is 0 Å². The molecule has 0 saturated heterocycles. The van der Waals surface area contributed by atoms with E-state index in [0.717, 1.165) is 37.9 Å². The highest BCUT2D eigenvalue weighted by atomic mass is 15.3. The summed E-state index contributed by atoms with van der Waals surface area (Å²) in [5.74, 6) is 1.60. The van der Waals surface area contributed by atoms with Gasteiger partial charge in [-0.05, 0) is 36.0 Å². The number of aliphatic imine (C=N–C) groups is 1. The molecule has 0 aliphatic heterocycles. The number of nitrogens with zero attached hydrogens (tertiary/aromatic N) is 3. The first-order valence-electron chi connectivity index (χ1n) is 8.67. The summed E-state index contributed by atoms with van der Waals surface area (Å²) in [5, 5.41) is 11.1. The molecule has 5 heteroatoms. The molecule has 2 rings (SSSR count). The Morgan fingerprint density at radius 1 is 1.17 bits per heavy atom. The highest BCUT2D eigenvalue weighted by Crippen LogP contribution is 2.10. The van der Waals surface area contributed by atoms with E-state index in [1.54, 1.807) is 0 Å². The third kappa shape index (κ3) is 6.07. The Morgan fingerprint density at radius 2 is 1.96 bits per heavy atom. The summed E-state index contributed by atoms with van der Waals surface area (Å²) in [6.45, 7) is 6.99. The van der Waals surface area contributed by atoms with Gasteiger partial charge in [0.2, 0.25) is 0 Å². The van der Waals surface area contributed by atoms with Gasteiger partial charge in [0.15, 0.2) is 5.96 Å². The van der Waals surface area contributed by atoms with Gasteiger partial charge in [-0.1, -0.05) is 38.1 Å². The molecule has 0 spiro atoms. The van der Waals surface area contributed by atoms with Crippen LogP contribution in [-0.4, -0.2) is 29.3 Å². The molecule has 1 aromatic heterocycles. The second kappa shape index (κ2) is 9.75. The van der Waals surface area contributed by atoms with Crippen molar-refractivity contribution >= 4 is 5.96 Å². The summed E-state index contributed by atoms with van der Waals surface area (Å²) in [4.78, 5) is 4.30. The molecular weight excluding hydrogens is 298 g/mol. The summed E-state index contributed by atoms with van der Waals surface area (Å²) < 4.78 is 1.94. The van der Waals surface area contributed by atoms with Crippen molar-refractivity contribution < 1.29 is 0 Å². The van der Waals surface area contributed by atoms with Gasteiger partial charge >= 0.3 is 0 Å². The Balaban J connectivity index is 1.86. The van der Waals surface area contributed by atoms with Crippen LogP contribution in [0.4, 0.5) is 0 Å². The lowest BCUT2D eigenvalue weighted by molar-refractivity contribution is 0.549. The Bertz CT molecular complexity index is 616. The number of rotatable bonds is 8. The lowest BCUT2D eigenvalue weighted by Gasteiger charge is -2.14. The number of hydrogen-bond acceptors (Lipinski definition) is 2. The third-order valence-corrected chi connectivity index (χ3v) is 3.93. The van der Waals surface area contributed by atoms with Crippen LogP contribution >= 0.6 is 0 Å². The summed E-state index contributed by atoms with van der Waals surface area (Å²) in [5.41, 5.74) is 2.53. The number of hydrogen-bond donors (Lipinski definition) is 2. The first-order chi connectivity index (χ1) is 11.7. The van der Waals surface area contributed by atoms with Crippen LogP contribution in [0.1, 0.15) is 37.8 Å². The Morgan fingerprint density at radius 3 is 2.62 bits per heavy atom. The highest BCUT2D eigenvalue weighted by molar-refractivity contribution is 5.79. The number of nitrogens with one attached hydrogen (secondary N) is 2. The molecule has 0 radical (unpaired) electrons. The van der Waals surface area contributed by atoms with Crippen LogP contribution in [-0.2, 0) is 13.1 Å². The maximum absolute atomic E-state index is 4.30. The maximum Gasteiger partial charge on any atom is 0.191 e. The van der Waals surface area contributed by atoms with Crippen molar-refractivity contribution in [2.75, 3.05) is 13.6 Å². The van der Waals surface area contributed by atoms with Crippen molar-refractivity contribution in [3.63, 3.8) is 0 Å². The lowest BCUT2D eigenvalue weighted by Crippen LogP contribution is -2.37. The highest BCUT2D eigenvalue weighted by Gasteiger charge is 2.04. The van der Waals surface area contributed by atoms with Crippen LogP contribution < -0.4 is 10.6 Å². The van der Waals surface area contributed by atoms with E-state index in [1.165, 1.54) is 17.5 Å². The molecule has 0 fully saturated rings. The van der Waals surface area contributed by atoms with Crippen LogP contribution in [0.5, 0.6) is 0 Å². The van der Waals surface area contributed by atoms with Crippen molar-refractivity contribution in [2.24, 2.45) is 10.9 Å². The number of guanidine groups is 1. The first kappa shape index (κ1) is 18.0. The van der Waals surface area contributed by atoms with Crippen LogP contribution in [0.2, 0.25) is 0 Å². The smallest absolute Gasteiger partial charge is 0.191 e. The van der Waals surface area contributed by atoms with Gasteiger partial charge in [0.05, 0.1) is 6.54 Å². The summed E-state index contributed by atoms with van der Waals surface area (Å²) in [7, 11) is 1.81. The fourth-order valence-corrected chi connectivity index (χ4v) is 2.57. The zero-order valence-corrected chi connectivity index (χ0v) is 15.0. The molecule has 0 aliphatic rings. The normalized spacial score (nSPS) is 11.8. The van der Waals surface area contributed by atoms with E-state index in [9.17, 15) is 0 Å². The summed E-state index contributed by atoms with van der Waals surface area (Å²) >= 11 is 0. The maximum atomic E-state index is 4.30. The van der Waals surface area contributed by atoms with Crippen molar-refractivity contribution in [3.8, 4) is 0 Å². The van der Waals surface area contributed by atoms with Crippen molar-refractivity contribution in [1.29, 1.82) is 0 Å². The molecule has 24 heavy (non-hydrogen) atoms.